The summed E-state index contributed by atoms with van der Waals surface area (Å²) in [7, 11) is 1.29. The second-order valence-electron chi connectivity index (χ2n) is 5.26. The van der Waals surface area contributed by atoms with Gasteiger partial charge in [0.2, 0.25) is 5.91 Å². The molecule has 0 aliphatic heterocycles. The Bertz CT molecular complexity index is 579. The minimum atomic E-state index is -3.10. The molecule has 0 bridgehead atoms. The summed E-state index contributed by atoms with van der Waals surface area (Å²) in [5, 5.41) is 2.67. The lowest BCUT2D eigenvalue weighted by atomic mass is 10.1. The first-order valence-corrected chi connectivity index (χ1v) is 7.50. The van der Waals surface area contributed by atoms with Crippen LogP contribution in [0.2, 0.25) is 0 Å². The average Bonchev–Trinajstić information content (AvgIpc) is 2.50. The zero-order chi connectivity index (χ0) is 18.3. The van der Waals surface area contributed by atoms with Gasteiger partial charge >= 0.3 is 6.61 Å². The fourth-order valence-corrected chi connectivity index (χ4v) is 2.09. The van der Waals surface area contributed by atoms with Gasteiger partial charge in [-0.15, -0.1) is 0 Å². The lowest BCUT2D eigenvalue weighted by Crippen LogP contribution is -2.42. The van der Waals surface area contributed by atoms with Crippen LogP contribution in [-0.4, -0.2) is 49.6 Å². The lowest BCUT2D eigenvalue weighted by Gasteiger charge is -2.23. The number of benzene rings is 1. The molecule has 0 unspecified atom stereocenters. The maximum Gasteiger partial charge on any atom is 0.387 e. The Morgan fingerprint density at radius 1 is 1.29 bits per heavy atom. The fourth-order valence-electron chi connectivity index (χ4n) is 2.09. The molecule has 1 aromatic rings. The van der Waals surface area contributed by atoms with Gasteiger partial charge in [0.1, 0.15) is 0 Å². The number of methoxy groups -OCH3 is 1. The van der Waals surface area contributed by atoms with E-state index in [1.807, 2.05) is 0 Å². The Kier molecular flexibility index (Phi) is 7.41. The van der Waals surface area contributed by atoms with Crippen LogP contribution in [0.15, 0.2) is 18.2 Å². The van der Waals surface area contributed by atoms with Crippen LogP contribution in [0.3, 0.4) is 0 Å². The predicted octanol–water partition coefficient (Wildman–Crippen LogP) is 2.28. The number of alkyl halides is 2. The molecule has 134 valence electrons. The third kappa shape index (κ3) is 5.36. The quantitative estimate of drug-likeness (QED) is 0.786. The number of halogens is 2. The number of hydrogen-bond donors (Lipinski definition) is 1. The molecular formula is C16H22F2N2O4. The van der Waals surface area contributed by atoms with Crippen LogP contribution < -0.4 is 14.8 Å². The molecule has 1 rings (SSSR count). The van der Waals surface area contributed by atoms with E-state index in [2.05, 4.69) is 10.1 Å². The highest BCUT2D eigenvalue weighted by Crippen LogP contribution is 2.33. The SMILES string of the molecule is CCN(CC(=O)NC(C)C)C(=O)c1cccc(OC)c1OC(F)F. The van der Waals surface area contributed by atoms with Crippen molar-refractivity contribution in [1.82, 2.24) is 10.2 Å². The summed E-state index contributed by atoms with van der Waals surface area (Å²) in [6.07, 6.45) is 0. The minimum absolute atomic E-state index is 0.0174. The maximum absolute atomic E-state index is 12.6. The molecule has 0 fully saturated rings. The number of rotatable bonds is 8. The Morgan fingerprint density at radius 2 is 1.96 bits per heavy atom. The van der Waals surface area contributed by atoms with Gasteiger partial charge in [-0.25, -0.2) is 0 Å². The zero-order valence-corrected chi connectivity index (χ0v) is 14.1. The molecule has 2 amide bonds. The molecule has 0 heterocycles. The molecule has 0 radical (unpaired) electrons. The van der Waals surface area contributed by atoms with Gasteiger partial charge in [0, 0.05) is 12.6 Å². The average molecular weight is 344 g/mol. The predicted molar refractivity (Wildman–Crippen MR) is 84.5 cm³/mol. The lowest BCUT2D eigenvalue weighted by molar-refractivity contribution is -0.122. The largest absolute Gasteiger partial charge is 0.493 e. The van der Waals surface area contributed by atoms with Gasteiger partial charge < -0.3 is 19.7 Å². The Labute approximate surface area is 139 Å². The molecule has 0 saturated carbocycles. The van der Waals surface area contributed by atoms with E-state index in [0.717, 1.165) is 0 Å². The van der Waals surface area contributed by atoms with Crippen LogP contribution in [0.25, 0.3) is 0 Å². The highest BCUT2D eigenvalue weighted by atomic mass is 19.3. The van der Waals surface area contributed by atoms with Crippen molar-refractivity contribution in [2.24, 2.45) is 0 Å². The van der Waals surface area contributed by atoms with Crippen LogP contribution in [0, 0.1) is 0 Å². The van der Waals surface area contributed by atoms with Crippen molar-refractivity contribution >= 4 is 11.8 Å². The number of carbonyl (C=O) groups excluding carboxylic acids is 2. The summed E-state index contributed by atoms with van der Waals surface area (Å²) < 4.78 is 34.7. The number of carbonyl (C=O) groups is 2. The monoisotopic (exact) mass is 344 g/mol. The van der Waals surface area contributed by atoms with Crippen molar-refractivity contribution in [1.29, 1.82) is 0 Å². The highest BCUT2D eigenvalue weighted by Gasteiger charge is 2.25. The molecule has 1 aromatic carbocycles. The van der Waals surface area contributed by atoms with Crippen LogP contribution in [0.5, 0.6) is 11.5 Å². The molecule has 0 aromatic heterocycles. The standard InChI is InChI=1S/C16H22F2N2O4/c1-5-20(9-13(21)19-10(2)3)15(22)11-7-6-8-12(23-4)14(11)24-16(17)18/h6-8,10,16H,5,9H2,1-4H3,(H,19,21). The third-order valence-corrected chi connectivity index (χ3v) is 3.09. The van der Waals surface area contributed by atoms with Gasteiger partial charge in [-0.05, 0) is 32.9 Å². The van der Waals surface area contributed by atoms with Crippen molar-refractivity contribution in [3.63, 3.8) is 0 Å². The van der Waals surface area contributed by atoms with Crippen molar-refractivity contribution in [3.05, 3.63) is 23.8 Å². The van der Waals surface area contributed by atoms with Gasteiger partial charge in [-0.1, -0.05) is 6.07 Å². The number of nitrogens with one attached hydrogen (secondary N) is 1. The summed E-state index contributed by atoms with van der Waals surface area (Å²) in [6.45, 7) is 2.23. The molecule has 0 aliphatic rings. The summed E-state index contributed by atoms with van der Waals surface area (Å²) >= 11 is 0. The molecule has 0 aliphatic carbocycles. The second kappa shape index (κ2) is 9.05. The molecule has 0 spiro atoms. The molecule has 24 heavy (non-hydrogen) atoms. The molecular weight excluding hydrogens is 322 g/mol. The number of likely N-dealkylation sites (N-methyl/N-ethyl adjacent to an activating group) is 1. The van der Waals surface area contributed by atoms with Crippen LogP contribution in [0.4, 0.5) is 8.78 Å². The van der Waals surface area contributed by atoms with Gasteiger partial charge in [-0.3, -0.25) is 9.59 Å². The number of amides is 2. The Balaban J connectivity index is 3.09. The van der Waals surface area contributed by atoms with Crippen LogP contribution >= 0.6 is 0 Å². The number of hydrogen-bond acceptors (Lipinski definition) is 4. The van der Waals surface area contributed by atoms with E-state index in [9.17, 15) is 18.4 Å². The van der Waals surface area contributed by atoms with E-state index >= 15 is 0 Å². The minimum Gasteiger partial charge on any atom is -0.493 e. The fraction of sp³-hybridized carbons (Fsp3) is 0.500. The van der Waals surface area contributed by atoms with Crippen LogP contribution in [-0.2, 0) is 4.79 Å². The summed E-state index contributed by atoms with van der Waals surface area (Å²) in [6, 6.07) is 4.19. The van der Waals surface area contributed by atoms with Crippen molar-refractivity contribution in [2.45, 2.75) is 33.4 Å². The van der Waals surface area contributed by atoms with E-state index in [-0.39, 0.29) is 42.1 Å². The van der Waals surface area contributed by atoms with Crippen molar-refractivity contribution in [2.75, 3.05) is 20.2 Å². The molecule has 0 atom stereocenters. The van der Waals surface area contributed by atoms with E-state index in [1.54, 1.807) is 20.8 Å². The number of ether oxygens (including phenoxy) is 2. The summed E-state index contributed by atoms with van der Waals surface area (Å²) in [5.74, 6) is -1.25. The molecule has 6 nitrogen and oxygen atoms in total. The van der Waals surface area contributed by atoms with E-state index in [4.69, 9.17) is 4.74 Å². The molecule has 0 saturated heterocycles. The first kappa shape index (κ1) is 19.7. The first-order valence-electron chi connectivity index (χ1n) is 7.50. The second-order valence-corrected chi connectivity index (χ2v) is 5.26. The van der Waals surface area contributed by atoms with Gasteiger partial charge in [-0.2, -0.15) is 8.78 Å². The number of para-hydroxylation sites is 1. The normalized spacial score (nSPS) is 10.7. The van der Waals surface area contributed by atoms with E-state index in [1.165, 1.54) is 30.2 Å². The van der Waals surface area contributed by atoms with Gasteiger partial charge in [0.15, 0.2) is 11.5 Å². The van der Waals surface area contributed by atoms with E-state index < -0.39 is 12.5 Å². The smallest absolute Gasteiger partial charge is 0.387 e. The zero-order valence-electron chi connectivity index (χ0n) is 14.1. The summed E-state index contributed by atoms with van der Waals surface area (Å²) in [4.78, 5) is 25.7. The molecule has 1 N–H and O–H groups in total. The van der Waals surface area contributed by atoms with Gasteiger partial charge in [0.05, 0.1) is 19.2 Å². The highest BCUT2D eigenvalue weighted by molar-refractivity contribution is 5.99. The summed E-state index contributed by atoms with van der Waals surface area (Å²) in [5.41, 5.74) is -0.0890. The topological polar surface area (TPSA) is 67.9 Å². The van der Waals surface area contributed by atoms with Crippen molar-refractivity contribution in [3.8, 4) is 11.5 Å². The van der Waals surface area contributed by atoms with Crippen LogP contribution in [0.1, 0.15) is 31.1 Å². The maximum atomic E-state index is 12.6. The van der Waals surface area contributed by atoms with Crippen molar-refractivity contribution < 1.29 is 27.8 Å². The van der Waals surface area contributed by atoms with Gasteiger partial charge in [0.25, 0.3) is 5.91 Å². The third-order valence-electron chi connectivity index (χ3n) is 3.09. The first-order chi connectivity index (χ1) is 11.3. The molecule has 8 heteroatoms. The van der Waals surface area contributed by atoms with E-state index in [0.29, 0.717) is 0 Å². The Hall–Kier alpha value is -2.38. The Morgan fingerprint density at radius 3 is 2.46 bits per heavy atom. The number of nitrogens with zero attached hydrogens (tertiary/aromatic N) is 1.